The van der Waals surface area contributed by atoms with Crippen LogP contribution in [0.3, 0.4) is 0 Å². The molecule has 0 aliphatic heterocycles. The number of benzene rings is 1. The highest BCUT2D eigenvalue weighted by atomic mass is 79.9. The van der Waals surface area contributed by atoms with Gasteiger partial charge in [0.2, 0.25) is 0 Å². The average molecular weight is 303 g/mol. The van der Waals surface area contributed by atoms with Crippen molar-refractivity contribution in [2.24, 2.45) is 0 Å². The van der Waals surface area contributed by atoms with Gasteiger partial charge in [-0.15, -0.1) is 11.6 Å². The Labute approximate surface area is 111 Å². The van der Waals surface area contributed by atoms with Crippen LogP contribution in [0, 0.1) is 0 Å². The van der Waals surface area contributed by atoms with Gasteiger partial charge in [-0.05, 0) is 43.4 Å². The molecule has 0 spiro atoms. The van der Waals surface area contributed by atoms with Crippen LogP contribution in [0.2, 0.25) is 0 Å². The van der Waals surface area contributed by atoms with E-state index in [4.69, 9.17) is 11.6 Å². The fraction of sp³-hybridized carbons (Fsp3) is 0.538. The van der Waals surface area contributed by atoms with E-state index < -0.39 is 0 Å². The van der Waals surface area contributed by atoms with Gasteiger partial charge in [-0.1, -0.05) is 28.1 Å². The number of hydrogen-bond acceptors (Lipinski definition) is 1. The molecule has 88 valence electrons. The maximum absolute atomic E-state index is 6.08. The molecule has 1 aliphatic rings. The largest absolute Gasteiger partial charge is 0.310 e. The van der Waals surface area contributed by atoms with E-state index in [2.05, 4.69) is 45.5 Å². The molecule has 1 nitrogen and oxygen atoms in total. The predicted molar refractivity (Wildman–Crippen MR) is 72.9 cm³/mol. The topological polar surface area (TPSA) is 12.0 Å². The number of alkyl halides is 1. The number of rotatable bonds is 3. The molecule has 1 N–H and O–H groups in total. The Kier molecular flexibility index (Phi) is 4.68. The summed E-state index contributed by atoms with van der Waals surface area (Å²) in [5, 5.41) is 4.01. The molecule has 0 aromatic heterocycles. The van der Waals surface area contributed by atoms with Gasteiger partial charge >= 0.3 is 0 Å². The minimum atomic E-state index is 0.408. The van der Waals surface area contributed by atoms with E-state index in [9.17, 15) is 0 Å². The van der Waals surface area contributed by atoms with Crippen LogP contribution in [-0.4, -0.2) is 11.4 Å². The minimum absolute atomic E-state index is 0.408. The zero-order valence-electron chi connectivity index (χ0n) is 9.26. The van der Waals surface area contributed by atoms with E-state index in [1.807, 2.05) is 0 Å². The first kappa shape index (κ1) is 12.4. The standard InChI is InChI=1S/C13H17BrClN/c14-11-3-1-10(2-4-11)9-16-13-7-5-12(15)6-8-13/h1-4,12-13,16H,5-9H2. The third-order valence-electron chi connectivity index (χ3n) is 3.16. The highest BCUT2D eigenvalue weighted by Gasteiger charge is 2.18. The van der Waals surface area contributed by atoms with E-state index in [1.165, 1.54) is 18.4 Å². The second kappa shape index (κ2) is 6.04. The molecule has 0 amide bonds. The zero-order chi connectivity index (χ0) is 11.4. The smallest absolute Gasteiger partial charge is 0.0337 e. The second-order valence-electron chi connectivity index (χ2n) is 4.46. The van der Waals surface area contributed by atoms with Crippen molar-refractivity contribution in [3.05, 3.63) is 34.3 Å². The van der Waals surface area contributed by atoms with Crippen molar-refractivity contribution in [2.45, 2.75) is 43.6 Å². The van der Waals surface area contributed by atoms with E-state index in [0.29, 0.717) is 11.4 Å². The first-order valence-corrected chi connectivity index (χ1v) is 7.09. The number of hydrogen-bond donors (Lipinski definition) is 1. The SMILES string of the molecule is ClC1CCC(NCc2ccc(Br)cc2)CC1. The van der Waals surface area contributed by atoms with Crippen molar-refractivity contribution in [3.63, 3.8) is 0 Å². The van der Waals surface area contributed by atoms with Crippen molar-refractivity contribution in [3.8, 4) is 0 Å². The molecular formula is C13H17BrClN. The fourth-order valence-electron chi connectivity index (χ4n) is 2.12. The van der Waals surface area contributed by atoms with Gasteiger partial charge < -0.3 is 5.32 Å². The summed E-state index contributed by atoms with van der Waals surface area (Å²) in [7, 11) is 0. The van der Waals surface area contributed by atoms with Crippen LogP contribution < -0.4 is 5.32 Å². The molecule has 1 fully saturated rings. The molecule has 0 heterocycles. The molecule has 16 heavy (non-hydrogen) atoms. The Morgan fingerprint density at radius 2 is 1.75 bits per heavy atom. The molecule has 1 aromatic carbocycles. The lowest BCUT2D eigenvalue weighted by molar-refractivity contribution is 0.376. The molecule has 2 rings (SSSR count). The normalized spacial score (nSPS) is 25.6. The summed E-state index contributed by atoms with van der Waals surface area (Å²) in [6.45, 7) is 0.963. The summed E-state index contributed by atoms with van der Waals surface area (Å²) in [5.41, 5.74) is 1.34. The lowest BCUT2D eigenvalue weighted by Crippen LogP contribution is -2.32. The summed E-state index contributed by atoms with van der Waals surface area (Å²) in [4.78, 5) is 0. The molecular weight excluding hydrogens is 286 g/mol. The summed E-state index contributed by atoms with van der Waals surface area (Å²) in [6, 6.07) is 9.15. The third-order valence-corrected chi connectivity index (χ3v) is 4.13. The monoisotopic (exact) mass is 301 g/mol. The Morgan fingerprint density at radius 3 is 2.38 bits per heavy atom. The maximum atomic E-state index is 6.08. The predicted octanol–water partition coefficient (Wildman–Crippen LogP) is 4.09. The molecule has 1 saturated carbocycles. The molecule has 0 saturated heterocycles. The van der Waals surface area contributed by atoms with E-state index in [-0.39, 0.29) is 0 Å². The van der Waals surface area contributed by atoms with Crippen molar-refractivity contribution >= 4 is 27.5 Å². The van der Waals surface area contributed by atoms with E-state index in [0.717, 1.165) is 23.9 Å². The molecule has 1 aliphatic carbocycles. The van der Waals surface area contributed by atoms with Crippen LogP contribution in [-0.2, 0) is 6.54 Å². The molecule has 1 aromatic rings. The number of nitrogens with one attached hydrogen (secondary N) is 1. The molecule has 0 bridgehead atoms. The van der Waals surface area contributed by atoms with Gasteiger partial charge in [0.05, 0.1) is 0 Å². The fourth-order valence-corrected chi connectivity index (χ4v) is 2.64. The van der Waals surface area contributed by atoms with E-state index >= 15 is 0 Å². The maximum Gasteiger partial charge on any atom is 0.0337 e. The second-order valence-corrected chi connectivity index (χ2v) is 5.99. The van der Waals surface area contributed by atoms with Gasteiger partial charge in [0, 0.05) is 22.4 Å². The Bertz CT molecular complexity index is 317. The Morgan fingerprint density at radius 1 is 1.12 bits per heavy atom. The highest BCUT2D eigenvalue weighted by Crippen LogP contribution is 2.23. The highest BCUT2D eigenvalue weighted by molar-refractivity contribution is 9.10. The van der Waals surface area contributed by atoms with Crippen LogP contribution in [0.5, 0.6) is 0 Å². The van der Waals surface area contributed by atoms with Crippen LogP contribution >= 0.6 is 27.5 Å². The van der Waals surface area contributed by atoms with Gasteiger partial charge in [0.15, 0.2) is 0 Å². The number of halogens is 2. The molecule has 0 radical (unpaired) electrons. The van der Waals surface area contributed by atoms with Crippen LogP contribution in [0.25, 0.3) is 0 Å². The summed E-state index contributed by atoms with van der Waals surface area (Å²) >= 11 is 9.53. The molecule has 0 atom stereocenters. The first-order chi connectivity index (χ1) is 7.74. The minimum Gasteiger partial charge on any atom is -0.310 e. The van der Waals surface area contributed by atoms with Crippen LogP contribution in [0.1, 0.15) is 31.2 Å². The molecule has 0 unspecified atom stereocenters. The third kappa shape index (κ3) is 3.76. The van der Waals surface area contributed by atoms with Crippen LogP contribution in [0.15, 0.2) is 28.7 Å². The summed E-state index contributed by atoms with van der Waals surface area (Å²) < 4.78 is 1.14. The average Bonchev–Trinajstić information content (AvgIpc) is 2.30. The Hall–Kier alpha value is -0.0500. The molecule has 3 heteroatoms. The van der Waals surface area contributed by atoms with Gasteiger partial charge in [-0.2, -0.15) is 0 Å². The lowest BCUT2D eigenvalue weighted by Gasteiger charge is -2.26. The van der Waals surface area contributed by atoms with Crippen molar-refractivity contribution < 1.29 is 0 Å². The van der Waals surface area contributed by atoms with Gasteiger partial charge in [-0.3, -0.25) is 0 Å². The van der Waals surface area contributed by atoms with Crippen molar-refractivity contribution in [1.29, 1.82) is 0 Å². The van der Waals surface area contributed by atoms with Crippen LogP contribution in [0.4, 0.5) is 0 Å². The quantitative estimate of drug-likeness (QED) is 0.829. The van der Waals surface area contributed by atoms with Crippen molar-refractivity contribution in [2.75, 3.05) is 0 Å². The Balaban J connectivity index is 1.77. The summed E-state index contributed by atoms with van der Waals surface area (Å²) in [5.74, 6) is 0. The first-order valence-electron chi connectivity index (χ1n) is 5.86. The lowest BCUT2D eigenvalue weighted by atomic mass is 9.95. The van der Waals surface area contributed by atoms with E-state index in [1.54, 1.807) is 0 Å². The van der Waals surface area contributed by atoms with Gasteiger partial charge in [0.1, 0.15) is 0 Å². The van der Waals surface area contributed by atoms with Gasteiger partial charge in [-0.25, -0.2) is 0 Å². The zero-order valence-corrected chi connectivity index (χ0v) is 11.6. The van der Waals surface area contributed by atoms with Crippen molar-refractivity contribution in [1.82, 2.24) is 5.32 Å². The summed E-state index contributed by atoms with van der Waals surface area (Å²) in [6.07, 6.45) is 4.73. The van der Waals surface area contributed by atoms with Gasteiger partial charge in [0.25, 0.3) is 0 Å².